The molecule has 0 bridgehead atoms. The van der Waals surface area contributed by atoms with Gasteiger partial charge in [-0.25, -0.2) is 5.84 Å². The number of hydrogen-bond donors (Lipinski definition) is 3. The molecule has 1 aromatic heterocycles. The fraction of sp³-hybridized carbons (Fsp3) is 0.182. The van der Waals surface area contributed by atoms with Gasteiger partial charge in [0.05, 0.1) is 19.9 Å². The molecule has 2 aromatic rings. The summed E-state index contributed by atoms with van der Waals surface area (Å²) in [5.74, 6) is 6.45. The maximum absolute atomic E-state index is 5.28. The van der Waals surface area contributed by atoms with E-state index in [9.17, 15) is 0 Å². The topological polar surface area (TPSA) is 107 Å². The monoisotopic (exact) mass is 262 g/mol. The minimum atomic E-state index is 0.153. The zero-order chi connectivity index (χ0) is 13.7. The van der Waals surface area contributed by atoms with Crippen molar-refractivity contribution in [2.45, 2.75) is 0 Å². The van der Waals surface area contributed by atoms with Gasteiger partial charge in [-0.1, -0.05) is 12.1 Å². The average molecular weight is 262 g/mol. The smallest absolute Gasteiger partial charge is 0.322 e. The molecule has 100 valence electrons. The summed E-state index contributed by atoms with van der Waals surface area (Å²) in [6.07, 6.45) is 0. The van der Waals surface area contributed by atoms with Crippen molar-refractivity contribution in [3.63, 3.8) is 0 Å². The SMILES string of the molecule is COc1nc(NN)nc(Nc2ccccc2OC)n1. The lowest BCUT2D eigenvalue weighted by Crippen LogP contribution is -2.13. The van der Waals surface area contributed by atoms with Gasteiger partial charge in [0, 0.05) is 0 Å². The van der Waals surface area contributed by atoms with Crippen LogP contribution in [0.15, 0.2) is 24.3 Å². The van der Waals surface area contributed by atoms with Gasteiger partial charge in [-0.3, -0.25) is 5.43 Å². The second-order valence-electron chi connectivity index (χ2n) is 3.44. The first kappa shape index (κ1) is 12.8. The predicted molar refractivity (Wildman–Crippen MR) is 70.5 cm³/mol. The van der Waals surface area contributed by atoms with Crippen LogP contribution in [0.4, 0.5) is 17.6 Å². The number of hydrogen-bond acceptors (Lipinski definition) is 8. The quantitative estimate of drug-likeness (QED) is 0.539. The van der Waals surface area contributed by atoms with Gasteiger partial charge in [0.2, 0.25) is 11.9 Å². The number of para-hydroxylation sites is 2. The van der Waals surface area contributed by atoms with Crippen molar-refractivity contribution in [1.82, 2.24) is 15.0 Å². The molecule has 1 heterocycles. The van der Waals surface area contributed by atoms with Crippen LogP contribution in [0.25, 0.3) is 0 Å². The fourth-order valence-corrected chi connectivity index (χ4v) is 1.44. The summed E-state index contributed by atoms with van der Waals surface area (Å²) >= 11 is 0. The molecule has 8 heteroatoms. The van der Waals surface area contributed by atoms with E-state index >= 15 is 0 Å². The predicted octanol–water partition coefficient (Wildman–Crippen LogP) is 0.918. The van der Waals surface area contributed by atoms with Crippen LogP contribution in [0.5, 0.6) is 11.8 Å². The number of aromatic nitrogens is 3. The third-order valence-corrected chi connectivity index (χ3v) is 2.28. The van der Waals surface area contributed by atoms with Crippen molar-refractivity contribution < 1.29 is 9.47 Å². The van der Waals surface area contributed by atoms with Gasteiger partial charge in [0.15, 0.2) is 0 Å². The molecule has 0 unspecified atom stereocenters. The summed E-state index contributed by atoms with van der Waals surface area (Å²) in [4.78, 5) is 12.0. The van der Waals surface area contributed by atoms with Crippen molar-refractivity contribution in [3.05, 3.63) is 24.3 Å². The zero-order valence-electron chi connectivity index (χ0n) is 10.5. The number of hydrazine groups is 1. The third kappa shape index (κ3) is 2.99. The van der Waals surface area contributed by atoms with E-state index in [1.807, 2.05) is 24.3 Å². The molecule has 0 saturated carbocycles. The Bertz CT molecular complexity index is 540. The van der Waals surface area contributed by atoms with Crippen LogP contribution in [-0.4, -0.2) is 29.2 Å². The first-order valence-electron chi connectivity index (χ1n) is 5.43. The number of nitrogens with zero attached hydrogens (tertiary/aromatic N) is 3. The first-order valence-corrected chi connectivity index (χ1v) is 5.43. The molecule has 0 atom stereocenters. The molecule has 0 aliphatic heterocycles. The Morgan fingerprint density at radius 3 is 2.42 bits per heavy atom. The Labute approximate surface area is 110 Å². The van der Waals surface area contributed by atoms with E-state index in [0.29, 0.717) is 11.7 Å². The molecule has 19 heavy (non-hydrogen) atoms. The van der Waals surface area contributed by atoms with E-state index in [2.05, 4.69) is 25.7 Å². The Kier molecular flexibility index (Phi) is 3.94. The van der Waals surface area contributed by atoms with E-state index in [-0.39, 0.29) is 12.0 Å². The van der Waals surface area contributed by atoms with E-state index in [1.54, 1.807) is 7.11 Å². The largest absolute Gasteiger partial charge is 0.495 e. The van der Waals surface area contributed by atoms with Crippen LogP contribution in [0.3, 0.4) is 0 Å². The molecule has 0 saturated heterocycles. The van der Waals surface area contributed by atoms with Gasteiger partial charge in [0.1, 0.15) is 5.75 Å². The summed E-state index contributed by atoms with van der Waals surface area (Å²) in [7, 11) is 3.05. The molecule has 0 radical (unpaired) electrons. The van der Waals surface area contributed by atoms with Crippen molar-refractivity contribution in [2.24, 2.45) is 5.84 Å². The Balaban J connectivity index is 2.32. The molecule has 4 N–H and O–H groups in total. The number of nitrogen functional groups attached to an aromatic ring is 1. The summed E-state index contributed by atoms with van der Waals surface area (Å²) in [5, 5.41) is 3.01. The van der Waals surface area contributed by atoms with E-state index in [0.717, 1.165) is 5.69 Å². The Hall–Kier alpha value is -2.61. The fourth-order valence-electron chi connectivity index (χ4n) is 1.44. The number of anilines is 3. The van der Waals surface area contributed by atoms with Crippen molar-refractivity contribution in [1.29, 1.82) is 0 Å². The number of methoxy groups -OCH3 is 2. The minimum absolute atomic E-state index is 0.153. The maximum atomic E-state index is 5.28. The maximum Gasteiger partial charge on any atom is 0.322 e. The van der Waals surface area contributed by atoms with Crippen LogP contribution in [-0.2, 0) is 0 Å². The second-order valence-corrected chi connectivity index (χ2v) is 3.44. The zero-order valence-corrected chi connectivity index (χ0v) is 10.5. The molecule has 8 nitrogen and oxygen atoms in total. The molecule has 0 aliphatic rings. The third-order valence-electron chi connectivity index (χ3n) is 2.28. The number of benzene rings is 1. The van der Waals surface area contributed by atoms with Crippen LogP contribution in [0.1, 0.15) is 0 Å². The lowest BCUT2D eigenvalue weighted by molar-refractivity contribution is 0.379. The second kappa shape index (κ2) is 5.83. The van der Waals surface area contributed by atoms with Gasteiger partial charge >= 0.3 is 6.01 Å². The van der Waals surface area contributed by atoms with Gasteiger partial charge in [-0.05, 0) is 12.1 Å². The van der Waals surface area contributed by atoms with Crippen LogP contribution >= 0.6 is 0 Å². The average Bonchev–Trinajstić information content (AvgIpc) is 2.47. The summed E-state index contributed by atoms with van der Waals surface area (Å²) in [6, 6.07) is 7.55. The normalized spacial score (nSPS) is 9.84. The summed E-state index contributed by atoms with van der Waals surface area (Å²) in [5.41, 5.74) is 3.07. The van der Waals surface area contributed by atoms with E-state index in [4.69, 9.17) is 15.3 Å². The van der Waals surface area contributed by atoms with Crippen molar-refractivity contribution in [2.75, 3.05) is 25.0 Å². The summed E-state index contributed by atoms with van der Waals surface area (Å²) in [6.45, 7) is 0. The summed E-state index contributed by atoms with van der Waals surface area (Å²) < 4.78 is 10.2. The highest BCUT2D eigenvalue weighted by molar-refractivity contribution is 5.62. The lowest BCUT2D eigenvalue weighted by Gasteiger charge is -2.10. The highest BCUT2D eigenvalue weighted by Gasteiger charge is 2.08. The number of nitrogens with two attached hydrogens (primary N) is 1. The van der Waals surface area contributed by atoms with Crippen LogP contribution in [0.2, 0.25) is 0 Å². The number of ether oxygens (including phenoxy) is 2. The minimum Gasteiger partial charge on any atom is -0.495 e. The Morgan fingerprint density at radius 1 is 1.00 bits per heavy atom. The van der Waals surface area contributed by atoms with Crippen LogP contribution in [0, 0.1) is 0 Å². The molecule has 0 fully saturated rings. The standard InChI is InChI=1S/C11H14N6O2/c1-18-8-6-4-3-5-7(8)13-9-14-10(17-12)16-11(15-9)19-2/h3-6H,12H2,1-2H3,(H2,13,14,15,16,17). The highest BCUT2D eigenvalue weighted by atomic mass is 16.5. The molecule has 0 aliphatic carbocycles. The molecular weight excluding hydrogens is 248 g/mol. The highest BCUT2D eigenvalue weighted by Crippen LogP contribution is 2.26. The molecule has 0 spiro atoms. The molecule has 1 aromatic carbocycles. The molecule has 2 rings (SSSR count). The van der Waals surface area contributed by atoms with Gasteiger partial charge in [0.25, 0.3) is 0 Å². The van der Waals surface area contributed by atoms with E-state index < -0.39 is 0 Å². The molecule has 0 amide bonds. The van der Waals surface area contributed by atoms with Crippen molar-refractivity contribution >= 4 is 17.6 Å². The molecular formula is C11H14N6O2. The van der Waals surface area contributed by atoms with Gasteiger partial charge in [-0.15, -0.1) is 0 Å². The lowest BCUT2D eigenvalue weighted by atomic mass is 10.3. The van der Waals surface area contributed by atoms with Crippen LogP contribution < -0.4 is 26.1 Å². The Morgan fingerprint density at radius 2 is 1.74 bits per heavy atom. The van der Waals surface area contributed by atoms with E-state index in [1.165, 1.54) is 7.11 Å². The number of nitrogens with one attached hydrogen (secondary N) is 2. The number of rotatable bonds is 5. The first-order chi connectivity index (χ1) is 9.26. The van der Waals surface area contributed by atoms with Gasteiger partial charge < -0.3 is 14.8 Å². The van der Waals surface area contributed by atoms with Crippen molar-refractivity contribution in [3.8, 4) is 11.8 Å². The van der Waals surface area contributed by atoms with Gasteiger partial charge in [-0.2, -0.15) is 15.0 Å².